The van der Waals surface area contributed by atoms with Crippen LogP contribution in [0.2, 0.25) is 0 Å². The molecular formula is C8H15N3O. The van der Waals surface area contributed by atoms with Crippen LogP contribution in [-0.2, 0) is 5.54 Å². The quantitative estimate of drug-likeness (QED) is 0.688. The van der Waals surface area contributed by atoms with E-state index in [1.165, 1.54) is 0 Å². The molecule has 0 bridgehead atoms. The molecule has 0 aliphatic carbocycles. The van der Waals surface area contributed by atoms with E-state index in [0.29, 0.717) is 11.6 Å². The molecule has 0 spiro atoms. The molecule has 4 nitrogen and oxygen atoms in total. The largest absolute Gasteiger partial charge is 0.478 e. The second-order valence-electron chi connectivity index (χ2n) is 3.71. The van der Waals surface area contributed by atoms with Crippen molar-refractivity contribution in [3.05, 3.63) is 6.20 Å². The predicted octanol–water partition coefficient (Wildman–Crippen LogP) is 1.23. The van der Waals surface area contributed by atoms with E-state index in [2.05, 4.69) is 25.9 Å². The van der Waals surface area contributed by atoms with Crippen molar-refractivity contribution in [1.82, 2.24) is 9.78 Å². The summed E-state index contributed by atoms with van der Waals surface area (Å²) in [6.07, 6.45) is 1.78. The van der Waals surface area contributed by atoms with Gasteiger partial charge >= 0.3 is 0 Å². The fourth-order valence-electron chi connectivity index (χ4n) is 0.874. The molecule has 2 N–H and O–H groups in total. The summed E-state index contributed by atoms with van der Waals surface area (Å²) in [5.41, 5.74) is 6.17. The molecule has 0 amide bonds. The van der Waals surface area contributed by atoms with Crippen LogP contribution in [0.3, 0.4) is 0 Å². The van der Waals surface area contributed by atoms with Gasteiger partial charge < -0.3 is 10.5 Å². The van der Waals surface area contributed by atoms with Gasteiger partial charge in [-0.05, 0) is 20.8 Å². The van der Waals surface area contributed by atoms with Gasteiger partial charge in [-0.2, -0.15) is 0 Å². The van der Waals surface area contributed by atoms with E-state index in [1.54, 1.807) is 18.0 Å². The number of anilines is 1. The molecule has 0 atom stereocenters. The Bertz CT molecular complexity index is 272. The fraction of sp³-hybridized carbons (Fsp3) is 0.625. The number of rotatable bonds is 1. The highest BCUT2D eigenvalue weighted by atomic mass is 16.5. The molecule has 0 aliphatic heterocycles. The van der Waals surface area contributed by atoms with E-state index in [4.69, 9.17) is 10.5 Å². The predicted molar refractivity (Wildman–Crippen MR) is 48.2 cm³/mol. The number of nitrogen functional groups attached to an aromatic ring is 1. The van der Waals surface area contributed by atoms with Gasteiger partial charge in [-0.15, -0.1) is 5.10 Å². The zero-order valence-corrected chi connectivity index (χ0v) is 7.96. The van der Waals surface area contributed by atoms with Crippen LogP contribution < -0.4 is 10.5 Å². The van der Waals surface area contributed by atoms with Crippen molar-refractivity contribution in [3.8, 4) is 5.88 Å². The molecule has 68 valence electrons. The van der Waals surface area contributed by atoms with E-state index in [-0.39, 0.29) is 5.54 Å². The Balaban J connectivity index is 3.05. The summed E-state index contributed by atoms with van der Waals surface area (Å²) >= 11 is 0. The Morgan fingerprint density at radius 1 is 1.50 bits per heavy atom. The molecule has 1 heterocycles. The van der Waals surface area contributed by atoms with Gasteiger partial charge in [0.15, 0.2) is 0 Å². The number of nitrogens with zero attached hydrogens (tertiary/aromatic N) is 2. The Kier molecular flexibility index (Phi) is 2.00. The molecule has 0 saturated heterocycles. The van der Waals surface area contributed by atoms with Crippen LogP contribution in [-0.4, -0.2) is 16.9 Å². The molecule has 1 aromatic rings. The minimum atomic E-state index is -0.0507. The molecule has 0 fully saturated rings. The summed E-state index contributed by atoms with van der Waals surface area (Å²) in [5, 5.41) is 4.17. The second kappa shape index (κ2) is 2.69. The molecule has 1 aromatic heterocycles. The Labute approximate surface area is 72.3 Å². The van der Waals surface area contributed by atoms with Gasteiger partial charge in [0.2, 0.25) is 0 Å². The number of hydrogen-bond donors (Lipinski definition) is 1. The topological polar surface area (TPSA) is 53.1 Å². The van der Waals surface area contributed by atoms with E-state index in [9.17, 15) is 0 Å². The van der Waals surface area contributed by atoms with Gasteiger partial charge in [-0.25, -0.2) is 0 Å². The van der Waals surface area contributed by atoms with Crippen molar-refractivity contribution in [2.45, 2.75) is 26.3 Å². The van der Waals surface area contributed by atoms with Crippen molar-refractivity contribution in [2.75, 3.05) is 12.8 Å². The van der Waals surface area contributed by atoms with Crippen LogP contribution >= 0.6 is 0 Å². The third kappa shape index (κ3) is 1.52. The molecule has 0 aromatic carbocycles. The van der Waals surface area contributed by atoms with E-state index >= 15 is 0 Å². The fourth-order valence-corrected chi connectivity index (χ4v) is 0.874. The van der Waals surface area contributed by atoms with Crippen molar-refractivity contribution < 1.29 is 4.74 Å². The number of aromatic nitrogens is 2. The molecule has 0 radical (unpaired) electrons. The third-order valence-electron chi connectivity index (χ3n) is 1.59. The summed E-state index contributed by atoms with van der Waals surface area (Å²) in [7, 11) is 1.56. The van der Waals surface area contributed by atoms with E-state index < -0.39 is 0 Å². The third-order valence-corrected chi connectivity index (χ3v) is 1.59. The summed E-state index contributed by atoms with van der Waals surface area (Å²) in [4.78, 5) is 0. The van der Waals surface area contributed by atoms with Crippen LogP contribution in [0.1, 0.15) is 20.8 Å². The van der Waals surface area contributed by atoms with Gasteiger partial charge in [0.05, 0.1) is 18.8 Å². The average Bonchev–Trinajstić information content (AvgIpc) is 2.29. The number of methoxy groups -OCH3 is 1. The smallest absolute Gasteiger partial charge is 0.256 e. The summed E-state index contributed by atoms with van der Waals surface area (Å²) in [6, 6.07) is 0. The van der Waals surface area contributed by atoms with Crippen LogP contribution in [0.15, 0.2) is 6.20 Å². The zero-order valence-electron chi connectivity index (χ0n) is 7.96. The SMILES string of the molecule is COc1nn(C(C)(C)C)cc1N. The monoisotopic (exact) mass is 169 g/mol. The summed E-state index contributed by atoms with van der Waals surface area (Å²) in [6.45, 7) is 6.16. The molecule has 1 rings (SSSR count). The molecule has 0 unspecified atom stereocenters. The minimum absolute atomic E-state index is 0.0507. The van der Waals surface area contributed by atoms with Gasteiger partial charge in [0.25, 0.3) is 5.88 Å². The van der Waals surface area contributed by atoms with Crippen LogP contribution in [0.4, 0.5) is 5.69 Å². The van der Waals surface area contributed by atoms with Crippen molar-refractivity contribution in [3.63, 3.8) is 0 Å². The summed E-state index contributed by atoms with van der Waals surface area (Å²) < 4.78 is 6.76. The van der Waals surface area contributed by atoms with Crippen molar-refractivity contribution in [1.29, 1.82) is 0 Å². The first-order valence-corrected chi connectivity index (χ1v) is 3.85. The average molecular weight is 169 g/mol. The van der Waals surface area contributed by atoms with E-state index in [1.807, 2.05) is 0 Å². The maximum atomic E-state index is 5.64. The number of hydrogen-bond acceptors (Lipinski definition) is 3. The normalized spacial score (nSPS) is 11.7. The molecular weight excluding hydrogens is 154 g/mol. The Morgan fingerprint density at radius 2 is 2.08 bits per heavy atom. The van der Waals surface area contributed by atoms with Gasteiger partial charge in [-0.3, -0.25) is 4.68 Å². The van der Waals surface area contributed by atoms with Gasteiger partial charge in [0, 0.05) is 0 Å². The van der Waals surface area contributed by atoms with Crippen LogP contribution in [0.25, 0.3) is 0 Å². The Morgan fingerprint density at radius 3 is 2.33 bits per heavy atom. The lowest BCUT2D eigenvalue weighted by molar-refractivity contribution is 0.330. The van der Waals surface area contributed by atoms with Crippen molar-refractivity contribution >= 4 is 5.69 Å². The maximum Gasteiger partial charge on any atom is 0.256 e. The lowest BCUT2D eigenvalue weighted by Crippen LogP contribution is -2.22. The first-order chi connectivity index (χ1) is 5.45. The highest BCUT2D eigenvalue weighted by molar-refractivity contribution is 5.45. The highest BCUT2D eigenvalue weighted by Gasteiger charge is 2.16. The van der Waals surface area contributed by atoms with E-state index in [0.717, 1.165) is 0 Å². The van der Waals surface area contributed by atoms with Crippen LogP contribution in [0, 0.1) is 0 Å². The number of nitrogens with two attached hydrogens (primary N) is 1. The minimum Gasteiger partial charge on any atom is -0.478 e. The van der Waals surface area contributed by atoms with Gasteiger partial charge in [0.1, 0.15) is 5.69 Å². The standard InChI is InChI=1S/C8H15N3O/c1-8(2,3)11-5-6(9)7(10-11)12-4/h5H,9H2,1-4H3. The molecule has 0 saturated carbocycles. The second-order valence-corrected chi connectivity index (χ2v) is 3.71. The van der Waals surface area contributed by atoms with Crippen LogP contribution in [0.5, 0.6) is 5.88 Å². The molecule has 12 heavy (non-hydrogen) atoms. The lowest BCUT2D eigenvalue weighted by Gasteiger charge is -2.18. The highest BCUT2D eigenvalue weighted by Crippen LogP contribution is 2.22. The van der Waals surface area contributed by atoms with Gasteiger partial charge in [-0.1, -0.05) is 0 Å². The van der Waals surface area contributed by atoms with Crippen molar-refractivity contribution in [2.24, 2.45) is 0 Å². The molecule has 0 aliphatic rings. The Hall–Kier alpha value is -1.19. The summed E-state index contributed by atoms with van der Waals surface area (Å²) in [5.74, 6) is 0.491. The lowest BCUT2D eigenvalue weighted by atomic mass is 10.1. The first-order valence-electron chi connectivity index (χ1n) is 3.85. The number of ether oxygens (including phenoxy) is 1. The first kappa shape index (κ1) is 8.90. The zero-order chi connectivity index (χ0) is 9.35. The maximum absolute atomic E-state index is 5.64. The molecule has 4 heteroatoms.